The van der Waals surface area contributed by atoms with Gasteiger partial charge in [-0.1, -0.05) is 18.2 Å². The van der Waals surface area contributed by atoms with Gasteiger partial charge in [0.25, 0.3) is 0 Å². The predicted octanol–water partition coefficient (Wildman–Crippen LogP) is 3.42. The number of phenolic OH excluding ortho intramolecular Hbond substituents is 1. The zero-order chi connectivity index (χ0) is 15.2. The van der Waals surface area contributed by atoms with Crippen LogP contribution in [0.3, 0.4) is 0 Å². The van der Waals surface area contributed by atoms with Crippen molar-refractivity contribution in [2.75, 3.05) is 14.2 Å². The second kappa shape index (κ2) is 6.88. The third-order valence-electron chi connectivity index (χ3n) is 3.16. The van der Waals surface area contributed by atoms with Crippen LogP contribution in [-0.4, -0.2) is 25.4 Å². The highest BCUT2D eigenvalue weighted by Crippen LogP contribution is 2.29. The molecule has 0 aliphatic carbocycles. The zero-order valence-corrected chi connectivity index (χ0v) is 12.5. The highest BCUT2D eigenvalue weighted by atomic mass is 16.5. The van der Waals surface area contributed by atoms with Crippen LogP contribution < -0.4 is 14.2 Å². The minimum absolute atomic E-state index is 0.0319. The largest absolute Gasteiger partial charge is 0.504 e. The summed E-state index contributed by atoms with van der Waals surface area (Å²) in [6, 6.07) is 12.9. The fourth-order valence-electron chi connectivity index (χ4n) is 2.16. The molecule has 21 heavy (non-hydrogen) atoms. The Hall–Kier alpha value is -2.36. The van der Waals surface area contributed by atoms with Crippen LogP contribution in [0, 0.1) is 0 Å². The molecule has 0 amide bonds. The molecule has 0 radical (unpaired) electrons. The van der Waals surface area contributed by atoms with E-state index in [0.29, 0.717) is 17.9 Å². The van der Waals surface area contributed by atoms with Gasteiger partial charge in [0.2, 0.25) is 0 Å². The Balaban J connectivity index is 2.06. The molecule has 0 saturated carbocycles. The summed E-state index contributed by atoms with van der Waals surface area (Å²) < 4.78 is 16.3. The second-order valence-electron chi connectivity index (χ2n) is 4.79. The Morgan fingerprint density at radius 3 is 2.29 bits per heavy atom. The fraction of sp³-hybridized carbons (Fsp3) is 0.294. The number of ether oxygens (including phenoxy) is 3. The van der Waals surface area contributed by atoms with Crippen molar-refractivity contribution in [1.29, 1.82) is 0 Å². The Bertz CT molecular complexity index is 595. The maximum absolute atomic E-state index is 9.60. The van der Waals surface area contributed by atoms with Gasteiger partial charge in [-0.2, -0.15) is 0 Å². The van der Waals surface area contributed by atoms with E-state index >= 15 is 0 Å². The average molecular weight is 288 g/mol. The monoisotopic (exact) mass is 288 g/mol. The van der Waals surface area contributed by atoms with E-state index in [-0.39, 0.29) is 11.9 Å². The van der Waals surface area contributed by atoms with Crippen LogP contribution in [0.25, 0.3) is 0 Å². The van der Waals surface area contributed by atoms with Crippen LogP contribution in [0.4, 0.5) is 0 Å². The molecule has 0 aromatic heterocycles. The van der Waals surface area contributed by atoms with E-state index < -0.39 is 0 Å². The lowest BCUT2D eigenvalue weighted by molar-refractivity contribution is 0.212. The third kappa shape index (κ3) is 3.81. The molecule has 1 unspecified atom stereocenters. The van der Waals surface area contributed by atoms with E-state index in [1.165, 1.54) is 7.11 Å². The van der Waals surface area contributed by atoms with Gasteiger partial charge < -0.3 is 19.3 Å². The first-order valence-electron chi connectivity index (χ1n) is 6.79. The van der Waals surface area contributed by atoms with Gasteiger partial charge in [-0.25, -0.2) is 0 Å². The molecule has 2 aromatic rings. The molecule has 1 atom stereocenters. The van der Waals surface area contributed by atoms with Crippen molar-refractivity contribution in [2.24, 2.45) is 0 Å². The van der Waals surface area contributed by atoms with Gasteiger partial charge in [0.05, 0.1) is 14.2 Å². The van der Waals surface area contributed by atoms with Crippen molar-refractivity contribution in [2.45, 2.75) is 19.4 Å². The summed E-state index contributed by atoms with van der Waals surface area (Å²) in [7, 11) is 3.16. The first kappa shape index (κ1) is 15.0. The van der Waals surface area contributed by atoms with Crippen molar-refractivity contribution in [3.8, 4) is 23.0 Å². The van der Waals surface area contributed by atoms with Crippen LogP contribution in [0.2, 0.25) is 0 Å². The number of hydrogen-bond donors (Lipinski definition) is 1. The summed E-state index contributed by atoms with van der Waals surface area (Å²) in [6.45, 7) is 1.99. The number of para-hydroxylation sites is 2. The van der Waals surface area contributed by atoms with Gasteiger partial charge in [0, 0.05) is 6.42 Å². The van der Waals surface area contributed by atoms with Crippen molar-refractivity contribution in [3.63, 3.8) is 0 Å². The topological polar surface area (TPSA) is 47.9 Å². The summed E-state index contributed by atoms with van der Waals surface area (Å²) in [4.78, 5) is 0. The van der Waals surface area contributed by atoms with Crippen LogP contribution in [0.5, 0.6) is 23.0 Å². The normalized spacial score (nSPS) is 11.8. The molecular formula is C17H20O4. The maximum atomic E-state index is 9.60. The fourth-order valence-corrected chi connectivity index (χ4v) is 2.16. The molecule has 0 fully saturated rings. The quantitative estimate of drug-likeness (QED) is 0.884. The van der Waals surface area contributed by atoms with E-state index in [9.17, 15) is 5.11 Å². The molecule has 2 aromatic carbocycles. The highest BCUT2D eigenvalue weighted by Gasteiger charge is 2.11. The van der Waals surface area contributed by atoms with Gasteiger partial charge in [-0.15, -0.1) is 0 Å². The maximum Gasteiger partial charge on any atom is 0.161 e. The summed E-state index contributed by atoms with van der Waals surface area (Å²) in [6.07, 6.45) is 0.671. The van der Waals surface area contributed by atoms with E-state index in [2.05, 4.69) is 0 Å². The zero-order valence-electron chi connectivity index (χ0n) is 12.5. The molecule has 0 aliphatic heterocycles. The van der Waals surface area contributed by atoms with E-state index in [0.717, 1.165) is 11.3 Å². The molecule has 4 heteroatoms. The van der Waals surface area contributed by atoms with Crippen molar-refractivity contribution >= 4 is 0 Å². The SMILES string of the molecule is COc1cc(CC(C)Oc2ccccc2OC)ccc1O. The molecule has 0 heterocycles. The summed E-state index contributed by atoms with van der Waals surface area (Å²) in [5, 5.41) is 9.60. The summed E-state index contributed by atoms with van der Waals surface area (Å²) in [5.41, 5.74) is 1.03. The number of rotatable bonds is 6. The number of benzene rings is 2. The number of methoxy groups -OCH3 is 2. The molecule has 4 nitrogen and oxygen atoms in total. The summed E-state index contributed by atoms with van der Waals surface area (Å²) >= 11 is 0. The van der Waals surface area contributed by atoms with Gasteiger partial charge in [-0.05, 0) is 36.8 Å². The van der Waals surface area contributed by atoms with Gasteiger partial charge in [0.15, 0.2) is 23.0 Å². The van der Waals surface area contributed by atoms with E-state index in [1.54, 1.807) is 13.2 Å². The highest BCUT2D eigenvalue weighted by molar-refractivity contribution is 5.42. The lowest BCUT2D eigenvalue weighted by Gasteiger charge is -2.17. The van der Waals surface area contributed by atoms with E-state index in [4.69, 9.17) is 14.2 Å². The lowest BCUT2D eigenvalue weighted by atomic mass is 10.1. The minimum Gasteiger partial charge on any atom is -0.504 e. The third-order valence-corrected chi connectivity index (χ3v) is 3.16. The lowest BCUT2D eigenvalue weighted by Crippen LogP contribution is -2.15. The number of phenols is 1. The Labute approximate surface area is 124 Å². The Kier molecular flexibility index (Phi) is 4.93. The molecular weight excluding hydrogens is 268 g/mol. The van der Waals surface area contributed by atoms with Gasteiger partial charge >= 0.3 is 0 Å². The number of hydrogen-bond acceptors (Lipinski definition) is 4. The molecule has 112 valence electrons. The average Bonchev–Trinajstić information content (AvgIpc) is 2.49. The molecule has 1 N–H and O–H groups in total. The van der Waals surface area contributed by atoms with Crippen molar-refractivity contribution < 1.29 is 19.3 Å². The van der Waals surface area contributed by atoms with Crippen LogP contribution >= 0.6 is 0 Å². The van der Waals surface area contributed by atoms with Gasteiger partial charge in [0.1, 0.15) is 6.10 Å². The first-order valence-corrected chi connectivity index (χ1v) is 6.79. The molecule has 0 bridgehead atoms. The predicted molar refractivity (Wildman–Crippen MR) is 81.4 cm³/mol. The second-order valence-corrected chi connectivity index (χ2v) is 4.79. The Morgan fingerprint density at radius 2 is 1.62 bits per heavy atom. The van der Waals surface area contributed by atoms with Crippen molar-refractivity contribution in [3.05, 3.63) is 48.0 Å². The van der Waals surface area contributed by atoms with Crippen LogP contribution in [-0.2, 0) is 6.42 Å². The Morgan fingerprint density at radius 1 is 0.952 bits per heavy atom. The standard InChI is InChI=1S/C17H20O4/c1-12(21-16-7-5-4-6-15(16)19-2)10-13-8-9-14(18)17(11-13)20-3/h4-9,11-12,18H,10H2,1-3H3. The van der Waals surface area contributed by atoms with Gasteiger partial charge in [-0.3, -0.25) is 0 Å². The molecule has 2 rings (SSSR count). The minimum atomic E-state index is -0.0319. The van der Waals surface area contributed by atoms with Crippen LogP contribution in [0.1, 0.15) is 12.5 Å². The first-order chi connectivity index (χ1) is 10.1. The van der Waals surface area contributed by atoms with Crippen molar-refractivity contribution in [1.82, 2.24) is 0 Å². The number of aromatic hydroxyl groups is 1. The van der Waals surface area contributed by atoms with E-state index in [1.807, 2.05) is 43.3 Å². The smallest absolute Gasteiger partial charge is 0.161 e. The van der Waals surface area contributed by atoms with Crippen LogP contribution in [0.15, 0.2) is 42.5 Å². The molecule has 0 saturated heterocycles. The molecule has 0 aliphatic rings. The molecule has 0 spiro atoms. The summed E-state index contributed by atoms with van der Waals surface area (Å²) in [5.74, 6) is 2.04.